The summed E-state index contributed by atoms with van der Waals surface area (Å²) in [6.45, 7) is 0. The first-order valence-corrected chi connectivity index (χ1v) is 5.68. The van der Waals surface area contributed by atoms with Crippen LogP contribution in [0.2, 0.25) is 0 Å². The number of fused-ring (bicyclic) bond motifs is 5. The fraction of sp³-hybridized carbons (Fsp3) is 0. The Morgan fingerprint density at radius 3 is 2.71 bits per heavy atom. The van der Waals surface area contributed by atoms with E-state index in [9.17, 15) is 0 Å². The Hall–Kier alpha value is -2.35. The van der Waals surface area contributed by atoms with Crippen molar-refractivity contribution >= 4 is 32.7 Å². The number of hydrogen-bond acceptors (Lipinski definition) is 1. The van der Waals surface area contributed by atoms with Crippen molar-refractivity contribution in [2.24, 2.45) is 0 Å². The van der Waals surface area contributed by atoms with E-state index in [1.807, 2.05) is 12.3 Å². The molecule has 2 nitrogen and oxygen atoms in total. The van der Waals surface area contributed by atoms with Gasteiger partial charge in [0, 0.05) is 22.5 Å². The summed E-state index contributed by atoms with van der Waals surface area (Å²) >= 11 is 0. The molecule has 0 bridgehead atoms. The normalized spacial score (nSPS) is 11.5. The van der Waals surface area contributed by atoms with E-state index < -0.39 is 0 Å². The van der Waals surface area contributed by atoms with Crippen molar-refractivity contribution in [3.05, 3.63) is 54.7 Å². The van der Waals surface area contributed by atoms with Crippen LogP contribution in [0.15, 0.2) is 54.7 Å². The monoisotopic (exact) mass is 218 g/mol. The summed E-state index contributed by atoms with van der Waals surface area (Å²) < 4.78 is 0. The van der Waals surface area contributed by atoms with Crippen molar-refractivity contribution in [2.45, 2.75) is 0 Å². The maximum atomic E-state index is 4.37. The lowest BCUT2D eigenvalue weighted by Crippen LogP contribution is -1.73. The number of H-pyrrole nitrogens is 1. The minimum atomic E-state index is 0.957. The van der Waals surface area contributed by atoms with Crippen LogP contribution in [0.5, 0.6) is 0 Å². The van der Waals surface area contributed by atoms with E-state index in [0.29, 0.717) is 0 Å². The smallest absolute Gasteiger partial charge is 0.138 e. The van der Waals surface area contributed by atoms with Gasteiger partial charge in [0.15, 0.2) is 0 Å². The molecule has 0 radical (unpaired) electrons. The van der Waals surface area contributed by atoms with Crippen molar-refractivity contribution in [1.29, 1.82) is 0 Å². The molecule has 0 saturated heterocycles. The lowest BCUT2D eigenvalue weighted by molar-refractivity contribution is 1.35. The third kappa shape index (κ3) is 1.12. The Bertz CT molecular complexity index is 837. The summed E-state index contributed by atoms with van der Waals surface area (Å²) in [7, 11) is 0. The van der Waals surface area contributed by atoms with Gasteiger partial charge in [0.2, 0.25) is 0 Å². The predicted octanol–water partition coefficient (Wildman–Crippen LogP) is 3.87. The zero-order valence-corrected chi connectivity index (χ0v) is 9.14. The van der Waals surface area contributed by atoms with Crippen LogP contribution in [-0.4, -0.2) is 9.97 Å². The number of nitrogens with one attached hydrogen (secondary N) is 1. The molecule has 0 atom stereocenters. The molecule has 2 aromatic carbocycles. The summed E-state index contributed by atoms with van der Waals surface area (Å²) in [5.74, 6) is 0. The van der Waals surface area contributed by atoms with E-state index in [4.69, 9.17) is 0 Å². The van der Waals surface area contributed by atoms with E-state index in [1.54, 1.807) is 0 Å². The van der Waals surface area contributed by atoms with E-state index >= 15 is 0 Å². The molecule has 0 saturated carbocycles. The van der Waals surface area contributed by atoms with Gasteiger partial charge in [-0.3, -0.25) is 0 Å². The van der Waals surface area contributed by atoms with Gasteiger partial charge >= 0.3 is 0 Å². The molecule has 0 aliphatic carbocycles. The highest BCUT2D eigenvalue weighted by atomic mass is 14.8. The SMILES string of the molecule is c1ccc2c(c1)ccc1[nH]c3ncccc3c12. The first-order valence-electron chi connectivity index (χ1n) is 5.68. The predicted molar refractivity (Wildman–Crippen MR) is 71.1 cm³/mol. The lowest BCUT2D eigenvalue weighted by Gasteiger charge is -1.99. The molecule has 17 heavy (non-hydrogen) atoms. The highest BCUT2D eigenvalue weighted by Crippen LogP contribution is 2.30. The van der Waals surface area contributed by atoms with Crippen LogP contribution >= 0.6 is 0 Å². The molecule has 0 fully saturated rings. The number of pyridine rings is 1. The van der Waals surface area contributed by atoms with Gasteiger partial charge in [-0.15, -0.1) is 0 Å². The molecule has 0 aliphatic rings. The van der Waals surface area contributed by atoms with Gasteiger partial charge in [0.05, 0.1) is 0 Å². The van der Waals surface area contributed by atoms with Crippen LogP contribution in [0.4, 0.5) is 0 Å². The molecule has 0 unspecified atom stereocenters. The largest absolute Gasteiger partial charge is 0.339 e. The van der Waals surface area contributed by atoms with Gasteiger partial charge in [-0.1, -0.05) is 30.3 Å². The topological polar surface area (TPSA) is 28.7 Å². The second-order valence-electron chi connectivity index (χ2n) is 4.23. The fourth-order valence-electron chi connectivity index (χ4n) is 2.50. The van der Waals surface area contributed by atoms with Gasteiger partial charge in [0.1, 0.15) is 5.65 Å². The Kier molecular flexibility index (Phi) is 1.59. The van der Waals surface area contributed by atoms with Crippen molar-refractivity contribution in [1.82, 2.24) is 9.97 Å². The summed E-state index contributed by atoms with van der Waals surface area (Å²) in [5.41, 5.74) is 2.11. The molecule has 2 aromatic heterocycles. The minimum Gasteiger partial charge on any atom is -0.339 e. The van der Waals surface area contributed by atoms with Crippen LogP contribution in [0, 0.1) is 0 Å². The standard InChI is InChI=1S/C15H10N2/c1-2-5-11-10(4-1)7-8-13-14(11)12-6-3-9-16-15(12)17-13/h1-9H,(H,16,17). The molecular formula is C15H10N2. The Morgan fingerprint density at radius 2 is 1.71 bits per heavy atom. The van der Waals surface area contributed by atoms with Gasteiger partial charge < -0.3 is 4.98 Å². The van der Waals surface area contributed by atoms with Gasteiger partial charge in [-0.05, 0) is 29.0 Å². The van der Waals surface area contributed by atoms with E-state index in [1.165, 1.54) is 21.5 Å². The summed E-state index contributed by atoms with van der Waals surface area (Å²) in [6.07, 6.45) is 1.82. The van der Waals surface area contributed by atoms with E-state index in [2.05, 4.69) is 52.4 Å². The zero-order chi connectivity index (χ0) is 11.2. The first kappa shape index (κ1) is 8.76. The Labute approximate surface area is 97.9 Å². The quantitative estimate of drug-likeness (QED) is 0.477. The first-order chi connectivity index (χ1) is 8.43. The van der Waals surface area contributed by atoms with Crippen LogP contribution in [0.25, 0.3) is 32.7 Å². The Morgan fingerprint density at radius 1 is 0.824 bits per heavy atom. The molecule has 1 N–H and O–H groups in total. The number of aromatic nitrogens is 2. The molecule has 0 aliphatic heterocycles. The Balaban J connectivity index is 2.38. The number of hydrogen-bond donors (Lipinski definition) is 1. The fourth-order valence-corrected chi connectivity index (χ4v) is 2.50. The third-order valence-corrected chi connectivity index (χ3v) is 3.26. The third-order valence-electron chi connectivity index (χ3n) is 3.26. The molecule has 0 spiro atoms. The van der Waals surface area contributed by atoms with Crippen LogP contribution in [0.3, 0.4) is 0 Å². The molecule has 2 heteroatoms. The summed E-state index contributed by atoms with van der Waals surface area (Å²) in [6, 6.07) is 16.8. The average Bonchev–Trinajstić information content (AvgIpc) is 2.77. The average molecular weight is 218 g/mol. The van der Waals surface area contributed by atoms with Crippen molar-refractivity contribution in [3.63, 3.8) is 0 Å². The van der Waals surface area contributed by atoms with Crippen LogP contribution < -0.4 is 0 Å². The van der Waals surface area contributed by atoms with Gasteiger partial charge in [-0.2, -0.15) is 0 Å². The van der Waals surface area contributed by atoms with E-state index in [0.717, 1.165) is 11.2 Å². The maximum absolute atomic E-state index is 4.37. The molecule has 0 amide bonds. The zero-order valence-electron chi connectivity index (χ0n) is 9.14. The second kappa shape index (κ2) is 3.08. The van der Waals surface area contributed by atoms with E-state index in [-0.39, 0.29) is 0 Å². The number of nitrogens with zero attached hydrogens (tertiary/aromatic N) is 1. The lowest BCUT2D eigenvalue weighted by atomic mass is 10.0. The highest BCUT2D eigenvalue weighted by molar-refractivity contribution is 6.19. The van der Waals surface area contributed by atoms with Crippen molar-refractivity contribution in [3.8, 4) is 0 Å². The van der Waals surface area contributed by atoms with Gasteiger partial charge in [-0.25, -0.2) is 4.98 Å². The van der Waals surface area contributed by atoms with Crippen molar-refractivity contribution < 1.29 is 0 Å². The van der Waals surface area contributed by atoms with Crippen LogP contribution in [0.1, 0.15) is 0 Å². The molecule has 2 heterocycles. The van der Waals surface area contributed by atoms with Crippen LogP contribution in [-0.2, 0) is 0 Å². The second-order valence-corrected chi connectivity index (χ2v) is 4.23. The molecule has 4 aromatic rings. The summed E-state index contributed by atoms with van der Waals surface area (Å²) in [5, 5.41) is 5.01. The minimum absolute atomic E-state index is 0.957. The number of aromatic amines is 1. The maximum Gasteiger partial charge on any atom is 0.138 e. The molecule has 80 valence electrons. The van der Waals surface area contributed by atoms with Gasteiger partial charge in [0.25, 0.3) is 0 Å². The number of benzene rings is 2. The van der Waals surface area contributed by atoms with Crippen molar-refractivity contribution in [2.75, 3.05) is 0 Å². The number of rotatable bonds is 0. The molecule has 4 rings (SSSR count). The summed E-state index contributed by atoms with van der Waals surface area (Å²) in [4.78, 5) is 7.73. The molecular weight excluding hydrogens is 208 g/mol. The highest BCUT2D eigenvalue weighted by Gasteiger charge is 2.07.